The summed E-state index contributed by atoms with van der Waals surface area (Å²) in [6.45, 7) is 0.154. The molecule has 2 aliphatic heterocycles. The zero-order valence-corrected chi connectivity index (χ0v) is 16.1. The first-order valence-corrected chi connectivity index (χ1v) is 9.90. The Kier molecular flexibility index (Phi) is 5.49. The highest BCUT2D eigenvalue weighted by molar-refractivity contribution is 5.97. The number of amides is 1. The maximum Gasteiger partial charge on any atom is 0.418 e. The lowest BCUT2D eigenvalue weighted by Crippen LogP contribution is -2.48. The van der Waals surface area contributed by atoms with E-state index in [4.69, 9.17) is 4.74 Å². The van der Waals surface area contributed by atoms with E-state index in [-0.39, 0.29) is 18.7 Å². The lowest BCUT2D eigenvalue weighted by molar-refractivity contribution is -0.138. The Balaban J connectivity index is 1.44. The molecule has 8 heteroatoms. The van der Waals surface area contributed by atoms with Gasteiger partial charge in [0.2, 0.25) is 0 Å². The number of aromatic nitrogens is 1. The van der Waals surface area contributed by atoms with Crippen LogP contribution in [-0.4, -0.2) is 33.8 Å². The first kappa shape index (κ1) is 20.4. The number of hydrogen-bond donors (Lipinski definition) is 0. The fourth-order valence-electron chi connectivity index (χ4n) is 4.51. The Bertz CT molecular complexity index is 919. The number of rotatable bonds is 4. The van der Waals surface area contributed by atoms with Gasteiger partial charge in [-0.25, -0.2) is 4.79 Å². The van der Waals surface area contributed by atoms with Crippen molar-refractivity contribution < 1.29 is 27.5 Å². The third-order valence-electron chi connectivity index (χ3n) is 5.87. The molecule has 2 unspecified atom stereocenters. The predicted octanol–water partition coefficient (Wildman–Crippen LogP) is 4.86. The van der Waals surface area contributed by atoms with Gasteiger partial charge in [-0.1, -0.05) is 30.3 Å². The number of Topliss-reactive ketones (excluding diaryl/α,β-unsaturated/α-hetero) is 1. The normalized spacial score (nSPS) is 23.3. The number of alkyl halides is 3. The van der Waals surface area contributed by atoms with Crippen LogP contribution in [0.3, 0.4) is 0 Å². The molecule has 2 fully saturated rings. The third-order valence-corrected chi connectivity index (χ3v) is 5.87. The summed E-state index contributed by atoms with van der Waals surface area (Å²) in [5.41, 5.74) is -0.667. The number of nitrogens with zero attached hydrogens (tertiary/aromatic N) is 2. The first-order valence-electron chi connectivity index (χ1n) is 9.90. The molecule has 0 spiro atoms. The van der Waals surface area contributed by atoms with Gasteiger partial charge in [-0.15, -0.1) is 0 Å². The number of ether oxygens (including phenoxy) is 1. The monoisotopic (exact) mass is 418 g/mol. The van der Waals surface area contributed by atoms with Crippen molar-refractivity contribution in [1.29, 1.82) is 0 Å². The van der Waals surface area contributed by atoms with Crippen molar-refractivity contribution in [2.75, 3.05) is 0 Å². The highest BCUT2D eigenvalue weighted by atomic mass is 19.4. The lowest BCUT2D eigenvalue weighted by atomic mass is 9.85. The summed E-state index contributed by atoms with van der Waals surface area (Å²) in [5.74, 6) is -1.19. The second-order valence-corrected chi connectivity index (χ2v) is 7.76. The average Bonchev–Trinajstić information content (AvgIpc) is 3.01. The number of halogens is 3. The van der Waals surface area contributed by atoms with E-state index in [1.807, 2.05) is 30.3 Å². The third kappa shape index (κ3) is 4.04. The molecule has 4 rings (SSSR count). The maximum absolute atomic E-state index is 13.3. The number of benzene rings is 1. The number of hydrogen-bond acceptors (Lipinski definition) is 4. The van der Waals surface area contributed by atoms with Crippen LogP contribution in [0.2, 0.25) is 0 Å². The molecule has 2 atom stereocenters. The fraction of sp³-hybridized carbons (Fsp3) is 0.409. The Morgan fingerprint density at radius 3 is 2.33 bits per heavy atom. The molecule has 0 aliphatic carbocycles. The summed E-state index contributed by atoms with van der Waals surface area (Å²) in [5, 5.41) is 0. The molecule has 0 radical (unpaired) electrons. The number of carbonyl (C=O) groups is 2. The van der Waals surface area contributed by atoms with E-state index in [0.717, 1.165) is 11.6 Å². The Morgan fingerprint density at radius 2 is 1.70 bits per heavy atom. The Morgan fingerprint density at radius 1 is 1.03 bits per heavy atom. The van der Waals surface area contributed by atoms with E-state index in [0.29, 0.717) is 25.7 Å². The molecule has 2 aliphatic rings. The summed E-state index contributed by atoms with van der Waals surface area (Å²) >= 11 is 0. The van der Waals surface area contributed by atoms with E-state index in [9.17, 15) is 22.8 Å². The van der Waals surface area contributed by atoms with E-state index in [1.54, 1.807) is 4.90 Å². The van der Waals surface area contributed by atoms with Crippen LogP contribution in [0.4, 0.5) is 18.0 Å². The standard InChI is InChI=1S/C22H21F3N2O3/c23-22(24,25)18-7-4-10-26-19(18)20(28)15-11-16-8-9-17(12-15)27(16)21(29)30-13-14-5-2-1-3-6-14/h1-7,10,15-17H,8-9,11-13H2. The lowest BCUT2D eigenvalue weighted by Gasteiger charge is -2.37. The molecule has 5 nitrogen and oxygen atoms in total. The van der Waals surface area contributed by atoms with Crippen LogP contribution >= 0.6 is 0 Å². The van der Waals surface area contributed by atoms with Crippen molar-refractivity contribution in [2.45, 2.75) is 50.6 Å². The van der Waals surface area contributed by atoms with Crippen LogP contribution in [0.15, 0.2) is 48.7 Å². The number of piperidine rings is 1. The zero-order valence-electron chi connectivity index (χ0n) is 16.1. The number of carbonyl (C=O) groups excluding carboxylic acids is 2. The van der Waals surface area contributed by atoms with E-state index in [1.165, 1.54) is 12.3 Å². The molecule has 158 valence electrons. The number of fused-ring (bicyclic) bond motifs is 2. The van der Waals surface area contributed by atoms with Crippen molar-refractivity contribution in [3.8, 4) is 0 Å². The van der Waals surface area contributed by atoms with Crippen molar-refractivity contribution in [1.82, 2.24) is 9.88 Å². The van der Waals surface area contributed by atoms with Gasteiger partial charge in [0.1, 0.15) is 12.3 Å². The van der Waals surface area contributed by atoms with Crippen LogP contribution in [0.1, 0.15) is 47.3 Å². The van der Waals surface area contributed by atoms with Crippen LogP contribution in [0.5, 0.6) is 0 Å². The minimum atomic E-state index is -4.64. The topological polar surface area (TPSA) is 59.5 Å². The molecule has 30 heavy (non-hydrogen) atoms. The minimum Gasteiger partial charge on any atom is -0.445 e. The molecular weight excluding hydrogens is 397 g/mol. The van der Waals surface area contributed by atoms with Crippen LogP contribution in [-0.2, 0) is 17.5 Å². The van der Waals surface area contributed by atoms with Gasteiger partial charge >= 0.3 is 12.3 Å². The minimum absolute atomic E-state index is 0.154. The van der Waals surface area contributed by atoms with Gasteiger partial charge < -0.3 is 9.64 Å². The molecule has 0 saturated carbocycles. The summed E-state index contributed by atoms with van der Waals surface area (Å²) in [4.78, 5) is 30.9. The van der Waals surface area contributed by atoms with Gasteiger partial charge in [0.05, 0.1) is 5.56 Å². The van der Waals surface area contributed by atoms with E-state index < -0.39 is 35.2 Å². The summed E-state index contributed by atoms with van der Waals surface area (Å²) in [7, 11) is 0. The first-order chi connectivity index (χ1) is 14.3. The van der Waals surface area contributed by atoms with Gasteiger partial charge in [0, 0.05) is 24.2 Å². The molecule has 2 bridgehead atoms. The maximum atomic E-state index is 13.3. The highest BCUT2D eigenvalue weighted by Crippen LogP contribution is 2.41. The molecule has 1 aromatic carbocycles. The summed E-state index contributed by atoms with van der Waals surface area (Å²) in [6, 6.07) is 10.9. The predicted molar refractivity (Wildman–Crippen MR) is 102 cm³/mol. The zero-order chi connectivity index (χ0) is 21.3. The van der Waals surface area contributed by atoms with Gasteiger partial charge in [-0.05, 0) is 43.4 Å². The van der Waals surface area contributed by atoms with Crippen LogP contribution < -0.4 is 0 Å². The summed E-state index contributed by atoms with van der Waals surface area (Å²) < 4.78 is 45.3. The fourth-order valence-corrected chi connectivity index (χ4v) is 4.51. The second kappa shape index (κ2) is 8.08. The van der Waals surface area contributed by atoms with Crippen molar-refractivity contribution in [3.05, 3.63) is 65.5 Å². The molecule has 2 saturated heterocycles. The molecule has 3 heterocycles. The van der Waals surface area contributed by atoms with Crippen molar-refractivity contribution in [2.24, 2.45) is 5.92 Å². The molecule has 1 amide bonds. The molecule has 2 aromatic rings. The molecule has 1 aromatic heterocycles. The Labute approximate surface area is 171 Å². The van der Waals surface area contributed by atoms with Gasteiger partial charge in [-0.2, -0.15) is 13.2 Å². The van der Waals surface area contributed by atoms with Gasteiger partial charge in [-0.3, -0.25) is 9.78 Å². The SMILES string of the molecule is O=C(c1ncccc1C(F)(F)F)C1CC2CCC(C1)N2C(=O)OCc1ccccc1. The second-order valence-electron chi connectivity index (χ2n) is 7.76. The Hall–Kier alpha value is -2.90. The number of pyridine rings is 1. The van der Waals surface area contributed by atoms with E-state index in [2.05, 4.69) is 4.98 Å². The largest absolute Gasteiger partial charge is 0.445 e. The smallest absolute Gasteiger partial charge is 0.418 e. The van der Waals surface area contributed by atoms with Crippen molar-refractivity contribution >= 4 is 11.9 Å². The van der Waals surface area contributed by atoms with E-state index >= 15 is 0 Å². The average molecular weight is 418 g/mol. The van der Waals surface area contributed by atoms with Crippen LogP contribution in [0, 0.1) is 5.92 Å². The molecular formula is C22H21F3N2O3. The number of ketones is 1. The highest BCUT2D eigenvalue weighted by Gasteiger charge is 2.47. The van der Waals surface area contributed by atoms with Gasteiger partial charge in [0.15, 0.2) is 5.78 Å². The summed E-state index contributed by atoms with van der Waals surface area (Å²) in [6.07, 6.45) is -1.81. The van der Waals surface area contributed by atoms with Crippen molar-refractivity contribution in [3.63, 3.8) is 0 Å². The quantitative estimate of drug-likeness (QED) is 0.665. The van der Waals surface area contributed by atoms with Crippen LogP contribution in [0.25, 0.3) is 0 Å². The molecule has 0 N–H and O–H groups in total. The van der Waals surface area contributed by atoms with Gasteiger partial charge in [0.25, 0.3) is 0 Å².